The molecule has 0 amide bonds. The van der Waals surface area contributed by atoms with Crippen molar-refractivity contribution in [1.82, 2.24) is 0 Å². The molecule has 0 radical (unpaired) electrons. The van der Waals surface area contributed by atoms with E-state index in [9.17, 15) is 0 Å². The Morgan fingerprint density at radius 3 is 1.92 bits per heavy atom. The van der Waals surface area contributed by atoms with Crippen LogP contribution in [0.15, 0.2) is 5.28 Å². The van der Waals surface area contributed by atoms with Crippen LogP contribution in [0.2, 0.25) is 0 Å². The van der Waals surface area contributed by atoms with Crippen LogP contribution in [0.5, 0.6) is 0 Å². The van der Waals surface area contributed by atoms with Gasteiger partial charge in [-0.2, -0.15) is 0 Å². The van der Waals surface area contributed by atoms with Gasteiger partial charge in [0.1, 0.15) is 7.11 Å². The Bertz CT molecular complexity index is 201. The molecule has 0 saturated carbocycles. The highest BCUT2D eigenvalue weighted by molar-refractivity contribution is 4.79. The largest absolute Gasteiger partial charge is 0.351 e. The van der Waals surface area contributed by atoms with Crippen LogP contribution in [0.25, 0.3) is 0 Å². The van der Waals surface area contributed by atoms with Gasteiger partial charge >= 0.3 is 0 Å². The number of rotatable bonds is 1. The topological polar surface area (TPSA) is 24.6 Å². The average molecular weight is 185 g/mol. The molecule has 0 bridgehead atoms. The Morgan fingerprint density at radius 1 is 1.08 bits per heavy atom. The second-order valence-corrected chi connectivity index (χ2v) is 5.05. The van der Waals surface area contributed by atoms with Crippen LogP contribution in [0, 0.1) is 0 Å². The van der Waals surface area contributed by atoms with Gasteiger partial charge in [0.15, 0.2) is 16.4 Å². The average Bonchev–Trinajstić information content (AvgIpc) is 1.96. The molecule has 1 fully saturated rings. The summed E-state index contributed by atoms with van der Waals surface area (Å²) in [5.41, 5.74) is 0.246. The van der Waals surface area contributed by atoms with Crippen molar-refractivity contribution in [3.8, 4) is 0 Å². The maximum Gasteiger partial charge on any atom is 0.187 e. The SMILES string of the molecule is CON=[N+]1C(C)(C)CCCC1(C)C. The van der Waals surface area contributed by atoms with E-state index in [4.69, 9.17) is 4.84 Å². The summed E-state index contributed by atoms with van der Waals surface area (Å²) in [4.78, 5) is 4.90. The number of piperidine rings is 1. The van der Waals surface area contributed by atoms with Gasteiger partial charge in [-0.1, -0.05) is 4.70 Å². The molecule has 1 saturated heterocycles. The molecule has 0 aromatic carbocycles. The fourth-order valence-corrected chi connectivity index (χ4v) is 2.29. The molecule has 0 aromatic rings. The van der Waals surface area contributed by atoms with Crippen molar-refractivity contribution in [1.29, 1.82) is 0 Å². The van der Waals surface area contributed by atoms with Gasteiger partial charge in [0.05, 0.1) is 0 Å². The molecule has 13 heavy (non-hydrogen) atoms. The predicted octanol–water partition coefficient (Wildman–Crippen LogP) is 2.75. The maximum atomic E-state index is 4.90. The summed E-state index contributed by atoms with van der Waals surface area (Å²) in [7, 11) is 1.61. The van der Waals surface area contributed by atoms with Gasteiger partial charge in [0, 0.05) is 40.5 Å². The molecular formula is C10H21N2O+. The summed E-state index contributed by atoms with van der Waals surface area (Å²) < 4.78 is 2.10. The fourth-order valence-electron chi connectivity index (χ4n) is 2.29. The first-order chi connectivity index (χ1) is 5.90. The lowest BCUT2D eigenvalue weighted by molar-refractivity contribution is -0.743. The summed E-state index contributed by atoms with van der Waals surface area (Å²) in [5, 5.41) is 4.12. The van der Waals surface area contributed by atoms with Gasteiger partial charge in [-0.3, -0.25) is 0 Å². The molecule has 3 nitrogen and oxygen atoms in total. The quantitative estimate of drug-likeness (QED) is 0.455. The third-order valence-electron chi connectivity index (χ3n) is 2.89. The van der Waals surface area contributed by atoms with Crippen molar-refractivity contribution >= 4 is 0 Å². The summed E-state index contributed by atoms with van der Waals surface area (Å²) in [6, 6.07) is 0. The second kappa shape index (κ2) is 3.28. The van der Waals surface area contributed by atoms with E-state index in [1.54, 1.807) is 7.11 Å². The van der Waals surface area contributed by atoms with E-state index >= 15 is 0 Å². The third kappa shape index (κ3) is 2.01. The Morgan fingerprint density at radius 2 is 1.54 bits per heavy atom. The smallest absolute Gasteiger partial charge is 0.187 e. The molecule has 1 aliphatic heterocycles. The van der Waals surface area contributed by atoms with Crippen LogP contribution < -0.4 is 0 Å². The van der Waals surface area contributed by atoms with Crippen LogP contribution in [0.3, 0.4) is 0 Å². The highest BCUT2D eigenvalue weighted by atomic mass is 16.6. The first kappa shape index (κ1) is 10.5. The zero-order chi connectivity index (χ0) is 10.1. The molecule has 76 valence electrons. The fraction of sp³-hybridized carbons (Fsp3) is 1.00. The lowest BCUT2D eigenvalue weighted by atomic mass is 9.82. The zero-order valence-corrected chi connectivity index (χ0v) is 9.42. The van der Waals surface area contributed by atoms with Crippen LogP contribution in [-0.4, -0.2) is 22.9 Å². The standard InChI is InChI=1S/C10H21N2O/c1-9(2)7-6-8-10(3,4)12(9)11-13-5/h6-8H2,1-5H3/q+1. The maximum absolute atomic E-state index is 4.90. The van der Waals surface area contributed by atoms with Crippen molar-refractivity contribution in [3.05, 3.63) is 0 Å². The molecule has 1 heterocycles. The third-order valence-corrected chi connectivity index (χ3v) is 2.89. The summed E-state index contributed by atoms with van der Waals surface area (Å²) in [6.07, 6.45) is 3.64. The van der Waals surface area contributed by atoms with Crippen molar-refractivity contribution in [3.63, 3.8) is 0 Å². The second-order valence-electron chi connectivity index (χ2n) is 5.05. The van der Waals surface area contributed by atoms with Crippen molar-refractivity contribution < 1.29 is 9.53 Å². The summed E-state index contributed by atoms with van der Waals surface area (Å²) in [6.45, 7) is 8.87. The van der Waals surface area contributed by atoms with E-state index in [-0.39, 0.29) is 11.1 Å². The van der Waals surface area contributed by atoms with Crippen LogP contribution >= 0.6 is 0 Å². The van der Waals surface area contributed by atoms with Gasteiger partial charge in [0.2, 0.25) is 0 Å². The minimum absolute atomic E-state index is 0.123. The molecule has 0 atom stereocenters. The van der Waals surface area contributed by atoms with Gasteiger partial charge in [-0.15, -0.1) is 0 Å². The number of hydrogen-bond acceptors (Lipinski definition) is 2. The minimum atomic E-state index is 0.123. The van der Waals surface area contributed by atoms with Gasteiger partial charge in [0.25, 0.3) is 0 Å². The highest BCUT2D eigenvalue weighted by Gasteiger charge is 2.48. The molecule has 0 aliphatic carbocycles. The van der Waals surface area contributed by atoms with E-state index in [0.717, 1.165) is 0 Å². The summed E-state index contributed by atoms with van der Waals surface area (Å²) >= 11 is 0. The molecule has 0 N–H and O–H groups in total. The summed E-state index contributed by atoms with van der Waals surface area (Å²) in [5.74, 6) is 0. The zero-order valence-electron chi connectivity index (χ0n) is 9.42. The van der Waals surface area contributed by atoms with Crippen LogP contribution in [0.4, 0.5) is 0 Å². The first-order valence-electron chi connectivity index (χ1n) is 4.95. The van der Waals surface area contributed by atoms with E-state index in [0.29, 0.717) is 0 Å². The molecule has 1 rings (SSSR count). The lowest BCUT2D eigenvalue weighted by Gasteiger charge is -2.34. The van der Waals surface area contributed by atoms with Crippen molar-refractivity contribution in [2.75, 3.05) is 7.11 Å². The molecule has 0 spiro atoms. The van der Waals surface area contributed by atoms with Gasteiger partial charge < -0.3 is 4.84 Å². The van der Waals surface area contributed by atoms with E-state index in [1.165, 1.54) is 19.3 Å². The predicted molar refractivity (Wildman–Crippen MR) is 51.7 cm³/mol. The molecule has 0 unspecified atom stereocenters. The monoisotopic (exact) mass is 185 g/mol. The van der Waals surface area contributed by atoms with Crippen LogP contribution in [-0.2, 0) is 4.84 Å². The van der Waals surface area contributed by atoms with E-state index in [2.05, 4.69) is 37.7 Å². The molecule has 3 heteroatoms. The van der Waals surface area contributed by atoms with Gasteiger partial charge in [-0.05, 0) is 6.42 Å². The normalized spacial score (nSPS) is 25.5. The van der Waals surface area contributed by atoms with Crippen molar-refractivity contribution in [2.45, 2.75) is 58.0 Å². The molecule has 0 aromatic heterocycles. The van der Waals surface area contributed by atoms with Crippen LogP contribution in [0.1, 0.15) is 47.0 Å². The Balaban J connectivity index is 2.98. The first-order valence-corrected chi connectivity index (χ1v) is 4.95. The number of nitrogens with zero attached hydrogens (tertiary/aromatic N) is 2. The Kier molecular flexibility index (Phi) is 2.64. The molecular weight excluding hydrogens is 164 g/mol. The van der Waals surface area contributed by atoms with Crippen molar-refractivity contribution in [2.24, 2.45) is 5.28 Å². The Labute approximate surface area is 80.7 Å². The Hall–Kier alpha value is -0.600. The highest BCUT2D eigenvalue weighted by Crippen LogP contribution is 2.34. The molecule has 1 aliphatic rings. The van der Waals surface area contributed by atoms with Gasteiger partial charge in [-0.25, -0.2) is 0 Å². The number of hydrogen-bond donors (Lipinski definition) is 0. The minimum Gasteiger partial charge on any atom is -0.351 e. The lowest BCUT2D eigenvalue weighted by Crippen LogP contribution is -2.51. The van der Waals surface area contributed by atoms with E-state index in [1.807, 2.05) is 0 Å². The van der Waals surface area contributed by atoms with E-state index < -0.39 is 0 Å².